The molecule has 0 unspecified atom stereocenters. The van der Waals surface area contributed by atoms with Gasteiger partial charge in [-0.1, -0.05) is 40.2 Å². The van der Waals surface area contributed by atoms with Crippen LogP contribution in [0.2, 0.25) is 0 Å². The molecule has 1 aliphatic rings. The lowest BCUT2D eigenvalue weighted by Crippen LogP contribution is -2.42. The van der Waals surface area contributed by atoms with Crippen LogP contribution in [0.1, 0.15) is 5.56 Å². The minimum Gasteiger partial charge on any atom is -0.504 e. The van der Waals surface area contributed by atoms with Crippen molar-refractivity contribution in [3.63, 3.8) is 0 Å². The van der Waals surface area contributed by atoms with E-state index in [4.69, 9.17) is 14.2 Å². The molecule has 2 N–H and O–H groups in total. The Labute approximate surface area is 175 Å². The number of benzene rings is 3. The van der Waals surface area contributed by atoms with Gasteiger partial charge < -0.3 is 19.3 Å². The van der Waals surface area contributed by atoms with Crippen LogP contribution in [-0.2, 0) is 4.79 Å². The van der Waals surface area contributed by atoms with E-state index < -0.39 is 12.0 Å². The zero-order valence-electron chi connectivity index (χ0n) is 15.4. The Morgan fingerprint density at radius 1 is 1.24 bits per heavy atom. The monoisotopic (exact) mass is 456 g/mol. The highest BCUT2D eigenvalue weighted by atomic mass is 79.9. The van der Waals surface area contributed by atoms with Crippen molar-refractivity contribution in [1.29, 1.82) is 0 Å². The summed E-state index contributed by atoms with van der Waals surface area (Å²) in [5, 5.41) is 16.1. The molecule has 0 bridgehead atoms. The fraction of sp³-hybridized carbons (Fsp3) is 0.143. The van der Waals surface area contributed by atoms with Gasteiger partial charge in [-0.15, -0.1) is 0 Å². The fourth-order valence-electron chi connectivity index (χ4n) is 2.97. The van der Waals surface area contributed by atoms with E-state index in [1.807, 2.05) is 36.4 Å². The Morgan fingerprint density at radius 2 is 1.97 bits per heavy atom. The second-order valence-corrected chi connectivity index (χ2v) is 7.26. The number of hydrogen-bond acceptors (Lipinski definition) is 6. The third kappa shape index (κ3) is 3.97. The summed E-state index contributed by atoms with van der Waals surface area (Å²) in [5.41, 5.74) is 2.79. The molecular weight excluding hydrogens is 440 g/mol. The second kappa shape index (κ2) is 8.00. The number of phenols is 1. The molecule has 0 saturated carbocycles. The Morgan fingerprint density at radius 3 is 2.69 bits per heavy atom. The Hall–Kier alpha value is -3.26. The van der Waals surface area contributed by atoms with E-state index in [2.05, 4.69) is 26.5 Å². The zero-order valence-corrected chi connectivity index (χ0v) is 17.0. The third-order valence-corrected chi connectivity index (χ3v) is 4.89. The topological polar surface area (TPSA) is 89.4 Å². The first kappa shape index (κ1) is 19.1. The Balaban J connectivity index is 1.46. The van der Waals surface area contributed by atoms with Crippen molar-refractivity contribution in [2.24, 2.45) is 5.10 Å². The lowest BCUT2D eigenvalue weighted by Gasteiger charge is -2.25. The number of nitrogens with zero attached hydrogens (tertiary/aromatic N) is 1. The molecule has 1 amide bonds. The van der Waals surface area contributed by atoms with Gasteiger partial charge in [0.25, 0.3) is 5.91 Å². The van der Waals surface area contributed by atoms with Gasteiger partial charge in [-0.05, 0) is 35.0 Å². The number of ether oxygens (including phenoxy) is 3. The van der Waals surface area contributed by atoms with Gasteiger partial charge in [0.1, 0.15) is 6.61 Å². The lowest BCUT2D eigenvalue weighted by atomic mass is 10.1. The van der Waals surface area contributed by atoms with Gasteiger partial charge in [-0.25, -0.2) is 5.43 Å². The average molecular weight is 457 g/mol. The van der Waals surface area contributed by atoms with E-state index in [0.717, 1.165) is 10.8 Å². The number of methoxy groups -OCH3 is 1. The number of aromatic hydroxyl groups is 1. The van der Waals surface area contributed by atoms with E-state index in [-0.39, 0.29) is 12.4 Å². The number of rotatable bonds is 4. The maximum Gasteiger partial charge on any atom is 0.284 e. The van der Waals surface area contributed by atoms with E-state index in [1.165, 1.54) is 13.3 Å². The van der Waals surface area contributed by atoms with Crippen LogP contribution in [0.5, 0.6) is 23.0 Å². The van der Waals surface area contributed by atoms with Gasteiger partial charge in [-0.3, -0.25) is 4.79 Å². The van der Waals surface area contributed by atoms with Crippen molar-refractivity contribution in [2.75, 3.05) is 13.7 Å². The van der Waals surface area contributed by atoms with Gasteiger partial charge in [0.2, 0.25) is 6.10 Å². The molecule has 148 valence electrons. The largest absolute Gasteiger partial charge is 0.504 e. The maximum absolute atomic E-state index is 12.4. The molecule has 0 saturated heterocycles. The first-order chi connectivity index (χ1) is 14.0. The van der Waals surface area contributed by atoms with E-state index >= 15 is 0 Å². The van der Waals surface area contributed by atoms with Crippen molar-refractivity contribution < 1.29 is 24.1 Å². The quantitative estimate of drug-likeness (QED) is 0.462. The molecule has 0 aliphatic carbocycles. The van der Waals surface area contributed by atoms with Crippen LogP contribution in [0.3, 0.4) is 0 Å². The molecule has 1 aliphatic heterocycles. The lowest BCUT2D eigenvalue weighted by molar-refractivity contribution is -0.130. The number of halogens is 1. The number of hydrazone groups is 1. The predicted octanol–water partition coefficient (Wildman–Crippen LogP) is 3.61. The molecule has 3 aromatic carbocycles. The highest BCUT2D eigenvalue weighted by Gasteiger charge is 2.27. The van der Waals surface area contributed by atoms with Crippen molar-refractivity contribution in [1.82, 2.24) is 5.43 Å². The normalized spacial score (nSPS) is 15.4. The van der Waals surface area contributed by atoms with Gasteiger partial charge in [0.15, 0.2) is 23.0 Å². The minimum absolute atomic E-state index is 0.0721. The van der Waals surface area contributed by atoms with Crippen LogP contribution in [0, 0.1) is 0 Å². The van der Waals surface area contributed by atoms with Crippen molar-refractivity contribution in [3.05, 3.63) is 58.6 Å². The van der Waals surface area contributed by atoms with Gasteiger partial charge in [-0.2, -0.15) is 5.10 Å². The Bertz CT molecular complexity index is 1120. The average Bonchev–Trinajstić information content (AvgIpc) is 2.73. The summed E-state index contributed by atoms with van der Waals surface area (Å²) in [6.45, 7) is 0.0721. The SMILES string of the molecule is COc1cc(Br)cc(/C=N/NC(=O)[C@H]2COc3cc4ccccc4cc3O2)c1O. The summed E-state index contributed by atoms with van der Waals surface area (Å²) in [6.07, 6.45) is 0.484. The molecule has 0 spiro atoms. The van der Waals surface area contributed by atoms with Crippen LogP contribution in [0.15, 0.2) is 58.1 Å². The highest BCUT2D eigenvalue weighted by molar-refractivity contribution is 9.10. The molecule has 0 fully saturated rings. The van der Waals surface area contributed by atoms with Crippen molar-refractivity contribution in [2.45, 2.75) is 6.10 Å². The van der Waals surface area contributed by atoms with Crippen LogP contribution in [0.25, 0.3) is 10.8 Å². The number of phenolic OH excluding ortho intramolecular Hbond substituents is 1. The summed E-state index contributed by atoms with van der Waals surface area (Å²) >= 11 is 3.33. The number of amides is 1. The third-order valence-electron chi connectivity index (χ3n) is 4.43. The van der Waals surface area contributed by atoms with Crippen molar-refractivity contribution >= 4 is 38.8 Å². The van der Waals surface area contributed by atoms with Gasteiger partial charge in [0, 0.05) is 10.0 Å². The highest BCUT2D eigenvalue weighted by Crippen LogP contribution is 2.36. The molecule has 7 nitrogen and oxygen atoms in total. The number of nitrogens with one attached hydrogen (secondary N) is 1. The summed E-state index contributed by atoms with van der Waals surface area (Å²) in [5.74, 6) is 0.865. The van der Waals surface area contributed by atoms with E-state index in [0.29, 0.717) is 27.3 Å². The minimum atomic E-state index is -0.841. The molecule has 1 heterocycles. The van der Waals surface area contributed by atoms with Crippen LogP contribution < -0.4 is 19.6 Å². The van der Waals surface area contributed by atoms with Gasteiger partial charge >= 0.3 is 0 Å². The van der Waals surface area contributed by atoms with Crippen LogP contribution in [0.4, 0.5) is 0 Å². The maximum atomic E-state index is 12.4. The number of carbonyl (C=O) groups excluding carboxylic acids is 1. The number of carbonyl (C=O) groups is 1. The standard InChI is InChI=1S/C21H17BrN2O5/c1-27-18-9-15(22)6-14(20(18)25)10-23-24-21(26)19-11-28-16-7-12-4-2-3-5-13(12)8-17(16)29-19/h2-10,19,25H,11H2,1H3,(H,24,26)/b23-10+/t19-/m1/s1. The Kier molecular flexibility index (Phi) is 5.26. The first-order valence-electron chi connectivity index (χ1n) is 8.77. The smallest absolute Gasteiger partial charge is 0.284 e. The first-order valence-corrected chi connectivity index (χ1v) is 9.56. The summed E-state index contributed by atoms with van der Waals surface area (Å²) < 4.78 is 17.3. The van der Waals surface area contributed by atoms with E-state index in [1.54, 1.807) is 12.1 Å². The van der Waals surface area contributed by atoms with E-state index in [9.17, 15) is 9.90 Å². The number of hydrogen-bond donors (Lipinski definition) is 2. The number of fused-ring (bicyclic) bond motifs is 2. The summed E-state index contributed by atoms with van der Waals surface area (Å²) in [7, 11) is 1.45. The molecule has 0 aromatic heterocycles. The molecule has 3 aromatic rings. The predicted molar refractivity (Wildman–Crippen MR) is 112 cm³/mol. The molecule has 8 heteroatoms. The zero-order chi connectivity index (χ0) is 20.4. The second-order valence-electron chi connectivity index (χ2n) is 6.34. The summed E-state index contributed by atoms with van der Waals surface area (Å²) in [4.78, 5) is 12.4. The molecule has 29 heavy (non-hydrogen) atoms. The van der Waals surface area contributed by atoms with Crippen molar-refractivity contribution in [3.8, 4) is 23.0 Å². The van der Waals surface area contributed by atoms with Gasteiger partial charge in [0.05, 0.1) is 13.3 Å². The fourth-order valence-corrected chi connectivity index (χ4v) is 3.43. The van der Waals surface area contributed by atoms with Crippen LogP contribution >= 0.6 is 15.9 Å². The molecule has 4 rings (SSSR count). The molecular formula is C21H17BrN2O5. The molecule has 1 atom stereocenters. The molecule has 0 radical (unpaired) electrons. The summed E-state index contributed by atoms with van der Waals surface area (Å²) in [6, 6.07) is 14.8. The van der Waals surface area contributed by atoms with Crippen LogP contribution in [-0.4, -0.2) is 37.0 Å².